The monoisotopic (exact) mass is 837 g/mol. The molecular weight excluding hydrogens is 799 g/mol. The van der Waals surface area contributed by atoms with E-state index in [4.69, 9.17) is 0 Å². The molecule has 0 radical (unpaired) electrons. The van der Waals surface area contributed by atoms with Crippen molar-refractivity contribution in [3.63, 3.8) is 0 Å². The molecule has 1 nitrogen and oxygen atoms in total. The van der Waals surface area contributed by atoms with E-state index in [0.29, 0.717) is 0 Å². The molecule has 0 N–H and O–H groups in total. The van der Waals surface area contributed by atoms with Gasteiger partial charge in [0.2, 0.25) is 0 Å². The Balaban J connectivity index is 1.14. The van der Waals surface area contributed by atoms with Crippen molar-refractivity contribution in [3.05, 3.63) is 237 Å². The van der Waals surface area contributed by atoms with Crippen LogP contribution in [0.25, 0.3) is 96.0 Å². The van der Waals surface area contributed by atoms with Crippen LogP contribution in [0.5, 0.6) is 0 Å². The molecule has 0 saturated heterocycles. The van der Waals surface area contributed by atoms with Crippen LogP contribution >= 0.6 is 22.7 Å². The summed E-state index contributed by atoms with van der Waals surface area (Å²) in [6, 6.07) is 86.7. The molecule has 12 aromatic rings. The zero-order valence-corrected chi connectivity index (χ0v) is 35.9. The lowest BCUT2D eigenvalue weighted by molar-refractivity contribution is 1.31. The van der Waals surface area contributed by atoms with E-state index in [1.54, 1.807) is 0 Å². The minimum Gasteiger partial charge on any atom is -0.309 e. The van der Waals surface area contributed by atoms with E-state index in [9.17, 15) is 0 Å². The van der Waals surface area contributed by atoms with Crippen molar-refractivity contribution < 1.29 is 0 Å². The first kappa shape index (κ1) is 37.2. The summed E-state index contributed by atoms with van der Waals surface area (Å²) in [5, 5.41) is 5.05. The van der Waals surface area contributed by atoms with Gasteiger partial charge in [-0.05, 0) is 98.6 Å². The fraction of sp³-hybridized carbons (Fsp3) is 0. The Kier molecular flexibility index (Phi) is 9.29. The van der Waals surface area contributed by atoms with E-state index in [1.807, 2.05) is 22.7 Å². The molecule has 0 saturated carbocycles. The van der Waals surface area contributed by atoms with Gasteiger partial charge in [-0.2, -0.15) is 0 Å². The summed E-state index contributed by atoms with van der Waals surface area (Å²) in [6.07, 6.45) is 0. The molecule has 0 amide bonds. The van der Waals surface area contributed by atoms with Gasteiger partial charge in [0.1, 0.15) is 0 Å². The van der Waals surface area contributed by atoms with Crippen LogP contribution < -0.4 is 4.90 Å². The van der Waals surface area contributed by atoms with Crippen LogP contribution in [-0.2, 0) is 0 Å². The molecule has 0 atom stereocenters. The van der Waals surface area contributed by atoms with Gasteiger partial charge in [-0.25, -0.2) is 0 Å². The van der Waals surface area contributed by atoms with Crippen molar-refractivity contribution in [2.75, 3.05) is 4.90 Å². The Morgan fingerprint density at radius 1 is 0.270 bits per heavy atom. The third-order valence-electron chi connectivity index (χ3n) is 12.3. The largest absolute Gasteiger partial charge is 0.309 e. The molecule has 0 aliphatic carbocycles. The van der Waals surface area contributed by atoms with Crippen LogP contribution in [0, 0.1) is 0 Å². The maximum absolute atomic E-state index is 2.53. The molecule has 0 unspecified atom stereocenters. The number of fused-ring (bicyclic) bond motifs is 6. The highest BCUT2D eigenvalue weighted by Gasteiger charge is 2.25. The molecule has 2 heterocycles. The number of hydrogen-bond acceptors (Lipinski definition) is 3. The van der Waals surface area contributed by atoms with Crippen LogP contribution in [-0.4, -0.2) is 0 Å². The van der Waals surface area contributed by atoms with Crippen molar-refractivity contribution in [1.29, 1.82) is 0 Å². The first-order valence-electron chi connectivity index (χ1n) is 21.4. The number of nitrogens with zero attached hydrogens (tertiary/aromatic N) is 1. The van der Waals surface area contributed by atoms with E-state index < -0.39 is 0 Å². The predicted molar refractivity (Wildman–Crippen MR) is 274 cm³/mol. The molecule has 63 heavy (non-hydrogen) atoms. The maximum Gasteiger partial charge on any atom is 0.0555 e. The fourth-order valence-corrected chi connectivity index (χ4v) is 11.6. The second-order valence-electron chi connectivity index (χ2n) is 16.0. The van der Waals surface area contributed by atoms with Gasteiger partial charge < -0.3 is 4.90 Å². The summed E-state index contributed by atoms with van der Waals surface area (Å²) >= 11 is 3.76. The highest BCUT2D eigenvalue weighted by atomic mass is 32.1. The SMILES string of the molecule is c1ccc(-c2ccc(N(c3ccc4sc5cc(-c6ccccc6)ccc5c4c3)c3ccc(-c4ccccc4)c4sc5cc(-c6ccccc6)ccc5c34)c(-c3ccccc3)c2)cc1. The molecule has 0 fully saturated rings. The van der Waals surface area contributed by atoms with E-state index in [1.165, 1.54) is 96.0 Å². The number of benzene rings is 10. The summed E-state index contributed by atoms with van der Waals surface area (Å²) < 4.78 is 5.12. The Labute approximate surface area is 375 Å². The lowest BCUT2D eigenvalue weighted by Crippen LogP contribution is -2.12. The van der Waals surface area contributed by atoms with Crippen molar-refractivity contribution in [2.24, 2.45) is 0 Å². The Bertz CT molecular complexity index is 3590. The number of anilines is 3. The van der Waals surface area contributed by atoms with Crippen molar-refractivity contribution in [3.8, 4) is 55.6 Å². The summed E-state index contributed by atoms with van der Waals surface area (Å²) in [7, 11) is 0. The van der Waals surface area contributed by atoms with Crippen LogP contribution in [0.3, 0.4) is 0 Å². The lowest BCUT2D eigenvalue weighted by Gasteiger charge is -2.30. The van der Waals surface area contributed by atoms with E-state index in [0.717, 1.165) is 17.1 Å². The topological polar surface area (TPSA) is 3.24 Å². The third kappa shape index (κ3) is 6.70. The first-order chi connectivity index (χ1) is 31.2. The number of hydrogen-bond donors (Lipinski definition) is 0. The lowest BCUT2D eigenvalue weighted by atomic mass is 9.95. The Hall–Kier alpha value is -7.56. The highest BCUT2D eigenvalue weighted by molar-refractivity contribution is 7.26. The van der Waals surface area contributed by atoms with Crippen LogP contribution in [0.1, 0.15) is 0 Å². The third-order valence-corrected chi connectivity index (χ3v) is 14.6. The van der Waals surface area contributed by atoms with Crippen molar-refractivity contribution >= 4 is 80.1 Å². The average molecular weight is 838 g/mol. The minimum atomic E-state index is 1.12. The molecule has 0 spiro atoms. The minimum absolute atomic E-state index is 1.12. The fourth-order valence-electron chi connectivity index (χ4n) is 9.22. The van der Waals surface area contributed by atoms with Gasteiger partial charge in [-0.1, -0.05) is 188 Å². The standard InChI is InChI=1S/C60H39NS2/c1-6-16-40(17-7-1)45-28-33-54(52(36-45)44-24-14-5-15-25-44)61(48-29-35-56-53(39-48)50-30-26-46(37-57(50)62-56)41-18-8-2-9-19-41)55-34-32-49(43-22-12-4-13-23-43)60-59(55)51-31-27-47(38-58(51)63-60)42-20-10-3-11-21-42/h1-39H. The van der Waals surface area contributed by atoms with Crippen molar-refractivity contribution in [1.82, 2.24) is 0 Å². The summed E-state index contributed by atoms with van der Waals surface area (Å²) in [5.74, 6) is 0. The smallest absolute Gasteiger partial charge is 0.0555 e. The quantitative estimate of drug-likeness (QED) is 0.147. The van der Waals surface area contributed by atoms with Crippen LogP contribution in [0.2, 0.25) is 0 Å². The van der Waals surface area contributed by atoms with Gasteiger partial charge >= 0.3 is 0 Å². The van der Waals surface area contributed by atoms with Gasteiger partial charge in [-0.15, -0.1) is 22.7 Å². The molecule has 12 rings (SSSR count). The normalized spacial score (nSPS) is 11.5. The summed E-state index contributed by atoms with van der Waals surface area (Å²) in [4.78, 5) is 2.53. The second kappa shape index (κ2) is 15.7. The van der Waals surface area contributed by atoms with Crippen LogP contribution in [0.15, 0.2) is 237 Å². The van der Waals surface area contributed by atoms with Gasteiger partial charge in [0, 0.05) is 51.6 Å². The predicted octanol–water partition coefficient (Wildman–Crippen LogP) is 18.2. The van der Waals surface area contributed by atoms with Gasteiger partial charge in [0.05, 0.1) is 11.4 Å². The Morgan fingerprint density at radius 3 is 1.33 bits per heavy atom. The highest BCUT2D eigenvalue weighted by Crippen LogP contribution is 2.52. The zero-order chi connectivity index (χ0) is 41.7. The van der Waals surface area contributed by atoms with Gasteiger partial charge in [0.15, 0.2) is 0 Å². The molecule has 2 aromatic heterocycles. The summed E-state index contributed by atoms with van der Waals surface area (Å²) in [6.45, 7) is 0. The molecule has 10 aromatic carbocycles. The van der Waals surface area contributed by atoms with E-state index >= 15 is 0 Å². The molecular formula is C60H39NS2. The van der Waals surface area contributed by atoms with Crippen LogP contribution in [0.4, 0.5) is 17.1 Å². The molecule has 296 valence electrons. The van der Waals surface area contributed by atoms with E-state index in [2.05, 4.69) is 241 Å². The molecule has 0 aliphatic rings. The zero-order valence-electron chi connectivity index (χ0n) is 34.3. The second-order valence-corrected chi connectivity index (χ2v) is 18.2. The first-order valence-corrected chi connectivity index (χ1v) is 23.0. The molecule has 0 bridgehead atoms. The molecule has 0 aliphatic heterocycles. The average Bonchev–Trinajstić information content (AvgIpc) is 3.93. The number of rotatable bonds is 8. The van der Waals surface area contributed by atoms with Gasteiger partial charge in [0.25, 0.3) is 0 Å². The summed E-state index contributed by atoms with van der Waals surface area (Å²) in [5.41, 5.74) is 15.5. The molecule has 3 heteroatoms. The van der Waals surface area contributed by atoms with Gasteiger partial charge in [-0.3, -0.25) is 0 Å². The Morgan fingerprint density at radius 2 is 0.746 bits per heavy atom. The number of thiophene rings is 2. The van der Waals surface area contributed by atoms with Crippen molar-refractivity contribution in [2.45, 2.75) is 0 Å². The van der Waals surface area contributed by atoms with E-state index in [-0.39, 0.29) is 0 Å². The maximum atomic E-state index is 2.53.